The Morgan fingerprint density at radius 2 is 1.77 bits per heavy atom. The van der Waals surface area contributed by atoms with Crippen molar-refractivity contribution < 1.29 is 0 Å². The average molecular weight is 409 g/mol. The van der Waals surface area contributed by atoms with E-state index in [9.17, 15) is 0 Å². The van der Waals surface area contributed by atoms with E-state index in [1.54, 1.807) is 0 Å². The number of hydrogen-bond acceptors (Lipinski definition) is 5. The summed E-state index contributed by atoms with van der Waals surface area (Å²) in [5, 5.41) is 8.17. The first kappa shape index (κ1) is 19.3. The van der Waals surface area contributed by atoms with E-state index in [1.165, 1.54) is 5.56 Å². The Morgan fingerprint density at radius 3 is 2.55 bits per heavy atom. The molecule has 0 atom stereocenters. The lowest BCUT2D eigenvalue weighted by atomic mass is 9.98. The van der Waals surface area contributed by atoms with Crippen LogP contribution in [0.2, 0.25) is 0 Å². The molecule has 0 aliphatic carbocycles. The van der Waals surface area contributed by atoms with Gasteiger partial charge < -0.3 is 4.57 Å². The number of aliphatic imine (C=N–C) groups is 1. The third-order valence-electron chi connectivity index (χ3n) is 5.56. The van der Waals surface area contributed by atoms with Gasteiger partial charge in [-0.25, -0.2) is 15.0 Å². The zero-order valence-electron chi connectivity index (χ0n) is 17.6. The molecule has 0 saturated heterocycles. The number of imidazole rings is 1. The minimum Gasteiger partial charge on any atom is -0.308 e. The molecule has 0 saturated carbocycles. The summed E-state index contributed by atoms with van der Waals surface area (Å²) < 4.78 is 2.25. The SMILES string of the molecule is CCCCc1nc2cccnc2n1Cc1ccc(-c2ccccc2C2=NCN=N2)cc1. The van der Waals surface area contributed by atoms with Gasteiger partial charge >= 0.3 is 0 Å². The van der Waals surface area contributed by atoms with Crippen LogP contribution in [0, 0.1) is 0 Å². The molecule has 4 aromatic rings. The van der Waals surface area contributed by atoms with E-state index in [4.69, 9.17) is 4.98 Å². The zero-order chi connectivity index (χ0) is 21.0. The number of aromatic nitrogens is 3. The summed E-state index contributed by atoms with van der Waals surface area (Å²) in [7, 11) is 0. The van der Waals surface area contributed by atoms with Crippen molar-refractivity contribution in [2.24, 2.45) is 15.2 Å². The van der Waals surface area contributed by atoms with Crippen molar-refractivity contribution >= 4 is 17.0 Å². The summed E-state index contributed by atoms with van der Waals surface area (Å²) in [6.07, 6.45) is 5.08. The number of amidine groups is 1. The van der Waals surface area contributed by atoms with E-state index in [0.29, 0.717) is 12.5 Å². The fourth-order valence-corrected chi connectivity index (χ4v) is 3.97. The van der Waals surface area contributed by atoms with Gasteiger partial charge in [0.15, 0.2) is 18.2 Å². The molecule has 2 aromatic heterocycles. The highest BCUT2D eigenvalue weighted by atomic mass is 15.2. The summed E-state index contributed by atoms with van der Waals surface area (Å²) in [5.41, 5.74) is 6.42. The second-order valence-corrected chi connectivity index (χ2v) is 7.67. The predicted octanol–water partition coefficient (Wildman–Crippen LogP) is 5.66. The number of benzene rings is 2. The first-order valence-electron chi connectivity index (χ1n) is 10.7. The lowest BCUT2D eigenvalue weighted by molar-refractivity contribution is 0.686. The molecule has 6 nitrogen and oxygen atoms in total. The molecular weight excluding hydrogens is 384 g/mol. The molecule has 0 radical (unpaired) electrons. The number of aryl methyl sites for hydroxylation is 1. The van der Waals surface area contributed by atoms with Crippen LogP contribution in [0.4, 0.5) is 0 Å². The second kappa shape index (κ2) is 8.60. The molecule has 0 N–H and O–H groups in total. The Balaban J connectivity index is 1.46. The van der Waals surface area contributed by atoms with Crippen LogP contribution < -0.4 is 0 Å². The molecule has 1 aliphatic heterocycles. The topological polar surface area (TPSA) is 67.8 Å². The van der Waals surface area contributed by atoms with Crippen LogP contribution >= 0.6 is 0 Å². The molecule has 5 rings (SSSR count). The standard InChI is InChI=1S/C25H24N6/c1-2-3-10-23-29-22-9-6-15-26-25(22)31(23)16-18-11-13-19(14-12-18)20-7-4-5-8-21(20)24-27-17-28-30-24/h4-9,11-15H,2-3,10,16-17H2,1H3. The largest absolute Gasteiger partial charge is 0.308 e. The van der Waals surface area contributed by atoms with Gasteiger partial charge in [0, 0.05) is 18.2 Å². The monoisotopic (exact) mass is 408 g/mol. The molecule has 0 spiro atoms. The highest BCUT2D eigenvalue weighted by molar-refractivity contribution is 6.05. The van der Waals surface area contributed by atoms with Gasteiger partial charge in [-0.05, 0) is 35.2 Å². The molecular formula is C25H24N6. The van der Waals surface area contributed by atoms with E-state index in [2.05, 4.69) is 68.1 Å². The van der Waals surface area contributed by atoms with E-state index in [0.717, 1.165) is 59.5 Å². The Labute approximate surface area is 181 Å². The molecule has 0 unspecified atom stereocenters. The zero-order valence-corrected chi connectivity index (χ0v) is 17.6. The maximum atomic E-state index is 4.84. The predicted molar refractivity (Wildman–Crippen MR) is 123 cm³/mol. The Kier molecular flexibility index (Phi) is 5.35. The number of fused-ring (bicyclic) bond motifs is 1. The highest BCUT2D eigenvalue weighted by Crippen LogP contribution is 2.27. The van der Waals surface area contributed by atoms with Crippen LogP contribution in [0.1, 0.15) is 36.7 Å². The number of azo groups is 1. The normalized spacial score (nSPS) is 13.1. The number of hydrogen-bond donors (Lipinski definition) is 0. The first-order chi connectivity index (χ1) is 15.3. The van der Waals surface area contributed by atoms with Gasteiger partial charge in [0.1, 0.15) is 11.3 Å². The maximum absolute atomic E-state index is 4.84. The molecule has 0 fully saturated rings. The van der Waals surface area contributed by atoms with Crippen molar-refractivity contribution in [1.82, 2.24) is 14.5 Å². The molecule has 154 valence electrons. The summed E-state index contributed by atoms with van der Waals surface area (Å²) in [6, 6.07) is 20.9. The lowest BCUT2D eigenvalue weighted by Crippen LogP contribution is -2.06. The van der Waals surface area contributed by atoms with Gasteiger partial charge in [-0.15, -0.1) is 5.11 Å². The van der Waals surface area contributed by atoms with E-state index in [-0.39, 0.29) is 0 Å². The average Bonchev–Trinajstić information content (AvgIpc) is 3.47. The Hall–Kier alpha value is -3.67. The third kappa shape index (κ3) is 3.89. The molecule has 6 heteroatoms. The van der Waals surface area contributed by atoms with Crippen LogP contribution in [0.25, 0.3) is 22.3 Å². The van der Waals surface area contributed by atoms with Gasteiger partial charge in [0.25, 0.3) is 0 Å². The van der Waals surface area contributed by atoms with Crippen molar-refractivity contribution in [2.45, 2.75) is 32.7 Å². The fourth-order valence-electron chi connectivity index (χ4n) is 3.97. The van der Waals surface area contributed by atoms with Crippen LogP contribution in [0.3, 0.4) is 0 Å². The van der Waals surface area contributed by atoms with Crippen LogP contribution in [0.5, 0.6) is 0 Å². The number of pyridine rings is 1. The number of nitrogens with zero attached hydrogens (tertiary/aromatic N) is 6. The van der Waals surface area contributed by atoms with Crippen LogP contribution in [0.15, 0.2) is 82.1 Å². The number of unbranched alkanes of at least 4 members (excludes halogenated alkanes) is 1. The molecule has 0 amide bonds. The summed E-state index contributed by atoms with van der Waals surface area (Å²) in [5.74, 6) is 1.81. The number of rotatable bonds is 7. The molecule has 3 heterocycles. The lowest BCUT2D eigenvalue weighted by Gasteiger charge is -2.11. The van der Waals surface area contributed by atoms with Crippen LogP contribution in [-0.4, -0.2) is 27.0 Å². The summed E-state index contributed by atoms with van der Waals surface area (Å²) >= 11 is 0. The van der Waals surface area contributed by atoms with E-state index < -0.39 is 0 Å². The van der Waals surface area contributed by atoms with E-state index >= 15 is 0 Å². The minimum absolute atomic E-state index is 0.413. The van der Waals surface area contributed by atoms with Crippen molar-refractivity contribution in [3.8, 4) is 11.1 Å². The molecule has 0 bridgehead atoms. The minimum atomic E-state index is 0.413. The van der Waals surface area contributed by atoms with Crippen molar-refractivity contribution in [3.05, 3.63) is 83.8 Å². The summed E-state index contributed by atoms with van der Waals surface area (Å²) in [4.78, 5) is 13.8. The van der Waals surface area contributed by atoms with Crippen molar-refractivity contribution in [3.63, 3.8) is 0 Å². The van der Waals surface area contributed by atoms with Crippen LogP contribution in [-0.2, 0) is 13.0 Å². The fraction of sp³-hybridized carbons (Fsp3) is 0.240. The highest BCUT2D eigenvalue weighted by Gasteiger charge is 2.14. The van der Waals surface area contributed by atoms with Gasteiger partial charge in [-0.2, -0.15) is 5.11 Å². The second-order valence-electron chi connectivity index (χ2n) is 7.67. The van der Waals surface area contributed by atoms with Crippen molar-refractivity contribution in [1.29, 1.82) is 0 Å². The van der Waals surface area contributed by atoms with Gasteiger partial charge in [0.05, 0.1) is 6.54 Å². The molecule has 1 aliphatic rings. The Morgan fingerprint density at radius 1 is 0.935 bits per heavy atom. The van der Waals surface area contributed by atoms with E-state index in [1.807, 2.05) is 30.5 Å². The molecule has 2 aromatic carbocycles. The Bertz CT molecular complexity index is 1270. The first-order valence-corrected chi connectivity index (χ1v) is 10.7. The smallest absolute Gasteiger partial charge is 0.179 e. The quantitative estimate of drug-likeness (QED) is 0.396. The van der Waals surface area contributed by atoms with Crippen molar-refractivity contribution in [2.75, 3.05) is 6.67 Å². The molecule has 31 heavy (non-hydrogen) atoms. The van der Waals surface area contributed by atoms with Gasteiger partial charge in [-0.3, -0.25) is 0 Å². The maximum Gasteiger partial charge on any atom is 0.179 e. The van der Waals surface area contributed by atoms with Gasteiger partial charge in [-0.1, -0.05) is 61.9 Å². The van der Waals surface area contributed by atoms with Gasteiger partial charge in [0.2, 0.25) is 0 Å². The summed E-state index contributed by atoms with van der Waals surface area (Å²) in [6.45, 7) is 3.38. The third-order valence-corrected chi connectivity index (χ3v) is 5.56.